The number of ether oxygens (including phenoxy) is 1. The maximum atomic E-state index is 5.41. The molecule has 0 fully saturated rings. The molecule has 1 aromatic heterocycles. The molecule has 1 heterocycles. The minimum Gasteiger partial charge on any atom is -0.379 e. The van der Waals surface area contributed by atoms with Gasteiger partial charge in [-0.25, -0.2) is 4.98 Å². The molecule has 1 rings (SSSR count). The van der Waals surface area contributed by atoms with Crippen LogP contribution in [0.2, 0.25) is 0 Å². The highest BCUT2D eigenvalue weighted by molar-refractivity contribution is 7.09. The van der Waals surface area contributed by atoms with Gasteiger partial charge in [-0.3, -0.25) is 0 Å². The average molecular weight is 242 g/mol. The zero-order valence-corrected chi connectivity index (χ0v) is 11.6. The van der Waals surface area contributed by atoms with Gasteiger partial charge in [0.2, 0.25) is 0 Å². The molecule has 0 saturated heterocycles. The largest absolute Gasteiger partial charge is 0.379 e. The molecule has 0 saturated carbocycles. The number of aryl methyl sites for hydroxylation is 1. The molecule has 92 valence electrons. The van der Waals surface area contributed by atoms with Gasteiger partial charge in [0.05, 0.1) is 16.3 Å². The van der Waals surface area contributed by atoms with Gasteiger partial charge < -0.3 is 10.1 Å². The Kier molecular flexibility index (Phi) is 4.89. The van der Waals surface area contributed by atoms with Gasteiger partial charge in [0.1, 0.15) is 0 Å². The first-order valence-electron chi connectivity index (χ1n) is 5.62. The van der Waals surface area contributed by atoms with Crippen molar-refractivity contribution in [3.05, 3.63) is 16.1 Å². The summed E-state index contributed by atoms with van der Waals surface area (Å²) >= 11 is 1.70. The molecule has 1 unspecified atom stereocenters. The smallest absolute Gasteiger partial charge is 0.0897 e. The van der Waals surface area contributed by atoms with Gasteiger partial charge in [0, 0.05) is 25.1 Å². The topological polar surface area (TPSA) is 34.1 Å². The van der Waals surface area contributed by atoms with E-state index in [1.165, 1.54) is 0 Å². The van der Waals surface area contributed by atoms with Gasteiger partial charge >= 0.3 is 0 Å². The molecular weight excluding hydrogens is 220 g/mol. The molecule has 1 aromatic rings. The predicted molar refractivity (Wildman–Crippen MR) is 68.9 cm³/mol. The highest BCUT2D eigenvalue weighted by atomic mass is 32.1. The molecule has 4 heteroatoms. The monoisotopic (exact) mass is 242 g/mol. The van der Waals surface area contributed by atoms with E-state index in [4.69, 9.17) is 4.74 Å². The van der Waals surface area contributed by atoms with Crippen molar-refractivity contribution in [2.75, 3.05) is 7.11 Å². The van der Waals surface area contributed by atoms with Crippen LogP contribution in [0.4, 0.5) is 0 Å². The van der Waals surface area contributed by atoms with Gasteiger partial charge in [-0.2, -0.15) is 0 Å². The third kappa shape index (κ3) is 4.60. The lowest BCUT2D eigenvalue weighted by Gasteiger charge is -2.27. The molecule has 0 aliphatic heterocycles. The van der Waals surface area contributed by atoms with E-state index in [1.54, 1.807) is 18.4 Å². The normalized spacial score (nSPS) is 14.1. The van der Waals surface area contributed by atoms with Crippen LogP contribution in [0, 0.1) is 6.92 Å². The van der Waals surface area contributed by atoms with Crippen LogP contribution in [0.5, 0.6) is 0 Å². The number of aromatic nitrogens is 1. The Balaban J connectivity index is 2.33. The van der Waals surface area contributed by atoms with Crippen LogP contribution in [0.25, 0.3) is 0 Å². The van der Waals surface area contributed by atoms with E-state index in [-0.39, 0.29) is 5.60 Å². The van der Waals surface area contributed by atoms with Crippen molar-refractivity contribution < 1.29 is 4.74 Å². The standard InChI is InChI=1S/C12H22N2OS/c1-9(6-12(3,4)15-5)13-7-11-8-16-10(2)14-11/h8-9,13H,6-7H2,1-5H3. The fraction of sp³-hybridized carbons (Fsp3) is 0.750. The Labute approximate surface area is 102 Å². The Bertz CT molecular complexity index is 323. The van der Waals surface area contributed by atoms with Crippen molar-refractivity contribution in [3.8, 4) is 0 Å². The maximum absolute atomic E-state index is 5.41. The van der Waals surface area contributed by atoms with E-state index in [1.807, 2.05) is 6.92 Å². The van der Waals surface area contributed by atoms with Crippen LogP contribution in [0.1, 0.15) is 37.9 Å². The van der Waals surface area contributed by atoms with Crippen molar-refractivity contribution in [2.45, 2.75) is 52.3 Å². The summed E-state index contributed by atoms with van der Waals surface area (Å²) in [7, 11) is 1.76. The summed E-state index contributed by atoms with van der Waals surface area (Å²) in [5.41, 5.74) is 1.06. The molecule has 0 aliphatic rings. The SMILES string of the molecule is COC(C)(C)CC(C)NCc1csc(C)n1. The first-order valence-corrected chi connectivity index (χ1v) is 6.50. The number of methoxy groups -OCH3 is 1. The van der Waals surface area contributed by atoms with Crippen LogP contribution in [0.15, 0.2) is 5.38 Å². The van der Waals surface area contributed by atoms with Crippen LogP contribution in [0.3, 0.4) is 0 Å². The average Bonchev–Trinajstić information content (AvgIpc) is 2.61. The van der Waals surface area contributed by atoms with Crippen LogP contribution >= 0.6 is 11.3 Å². The highest BCUT2D eigenvalue weighted by Gasteiger charge is 2.19. The molecule has 0 bridgehead atoms. The summed E-state index contributed by atoms with van der Waals surface area (Å²) in [6.07, 6.45) is 0.993. The predicted octanol–water partition coefficient (Wildman–Crippen LogP) is 2.74. The van der Waals surface area contributed by atoms with Crippen molar-refractivity contribution >= 4 is 11.3 Å². The van der Waals surface area contributed by atoms with E-state index < -0.39 is 0 Å². The van der Waals surface area contributed by atoms with Gasteiger partial charge in [-0.1, -0.05) is 0 Å². The molecule has 0 spiro atoms. The Hall–Kier alpha value is -0.450. The second kappa shape index (κ2) is 5.75. The minimum absolute atomic E-state index is 0.0651. The highest BCUT2D eigenvalue weighted by Crippen LogP contribution is 2.15. The van der Waals surface area contributed by atoms with Crippen molar-refractivity contribution in [3.63, 3.8) is 0 Å². The third-order valence-electron chi connectivity index (χ3n) is 2.65. The second-order valence-electron chi connectivity index (χ2n) is 4.81. The number of nitrogens with one attached hydrogen (secondary N) is 1. The third-order valence-corrected chi connectivity index (χ3v) is 3.47. The molecule has 0 radical (unpaired) electrons. The lowest BCUT2D eigenvalue weighted by molar-refractivity contribution is 0.00842. The van der Waals surface area contributed by atoms with E-state index in [0.717, 1.165) is 23.7 Å². The number of nitrogens with zero attached hydrogens (tertiary/aromatic N) is 1. The van der Waals surface area contributed by atoms with Crippen LogP contribution in [-0.4, -0.2) is 23.7 Å². The summed E-state index contributed by atoms with van der Waals surface area (Å²) < 4.78 is 5.41. The van der Waals surface area contributed by atoms with Crippen LogP contribution in [-0.2, 0) is 11.3 Å². The van der Waals surface area contributed by atoms with E-state index >= 15 is 0 Å². The number of hydrogen-bond acceptors (Lipinski definition) is 4. The zero-order valence-electron chi connectivity index (χ0n) is 10.8. The van der Waals surface area contributed by atoms with E-state index in [0.29, 0.717) is 6.04 Å². The molecular formula is C12H22N2OS. The Morgan fingerprint density at radius 3 is 2.75 bits per heavy atom. The van der Waals surface area contributed by atoms with Crippen molar-refractivity contribution in [2.24, 2.45) is 0 Å². The first kappa shape index (κ1) is 13.6. The van der Waals surface area contributed by atoms with Gasteiger partial charge in [0.15, 0.2) is 0 Å². The Morgan fingerprint density at radius 2 is 2.25 bits per heavy atom. The molecule has 1 N–H and O–H groups in total. The van der Waals surface area contributed by atoms with Gasteiger partial charge in [-0.05, 0) is 34.1 Å². The lowest BCUT2D eigenvalue weighted by atomic mass is 10.00. The number of rotatable bonds is 6. The lowest BCUT2D eigenvalue weighted by Crippen LogP contribution is -2.35. The van der Waals surface area contributed by atoms with E-state index in [2.05, 4.69) is 36.5 Å². The summed E-state index contributed by atoms with van der Waals surface area (Å²) in [4.78, 5) is 4.42. The first-order chi connectivity index (χ1) is 7.43. The number of thiazole rings is 1. The van der Waals surface area contributed by atoms with Crippen molar-refractivity contribution in [1.29, 1.82) is 0 Å². The van der Waals surface area contributed by atoms with E-state index in [9.17, 15) is 0 Å². The summed E-state index contributed by atoms with van der Waals surface area (Å²) in [5.74, 6) is 0. The van der Waals surface area contributed by atoms with Gasteiger partial charge in [-0.15, -0.1) is 11.3 Å². The molecule has 16 heavy (non-hydrogen) atoms. The summed E-state index contributed by atoms with van der Waals surface area (Å²) in [6.45, 7) is 9.27. The quantitative estimate of drug-likeness (QED) is 0.833. The Morgan fingerprint density at radius 1 is 1.56 bits per heavy atom. The molecule has 0 aliphatic carbocycles. The molecule has 0 aromatic carbocycles. The second-order valence-corrected chi connectivity index (χ2v) is 5.87. The summed E-state index contributed by atoms with van der Waals surface area (Å²) in [5, 5.41) is 6.70. The fourth-order valence-corrected chi connectivity index (χ4v) is 2.27. The summed E-state index contributed by atoms with van der Waals surface area (Å²) in [6, 6.07) is 0.428. The molecule has 3 nitrogen and oxygen atoms in total. The van der Waals surface area contributed by atoms with Gasteiger partial charge in [0.25, 0.3) is 0 Å². The molecule has 1 atom stereocenters. The van der Waals surface area contributed by atoms with Crippen LogP contribution < -0.4 is 5.32 Å². The zero-order chi connectivity index (χ0) is 12.2. The number of hydrogen-bond donors (Lipinski definition) is 1. The molecule has 0 amide bonds. The minimum atomic E-state index is -0.0651. The van der Waals surface area contributed by atoms with Crippen molar-refractivity contribution in [1.82, 2.24) is 10.3 Å². The maximum Gasteiger partial charge on any atom is 0.0897 e. The fourth-order valence-electron chi connectivity index (χ4n) is 1.66.